The number of hydrogen-bond acceptors (Lipinski definition) is 7. The van der Waals surface area contributed by atoms with Gasteiger partial charge in [0, 0.05) is 36.8 Å². The zero-order valence-corrected chi connectivity index (χ0v) is 24.1. The molecule has 0 aliphatic carbocycles. The molecular weight excluding hydrogens is 584 g/mol. The number of carbonyl (C=O) groups is 1. The van der Waals surface area contributed by atoms with Crippen molar-refractivity contribution in [3.05, 3.63) is 57.0 Å². The van der Waals surface area contributed by atoms with Crippen molar-refractivity contribution < 1.29 is 23.0 Å². The van der Waals surface area contributed by atoms with Crippen molar-refractivity contribution in [1.82, 2.24) is 19.9 Å². The Kier molecular flexibility index (Phi) is 8.39. The highest BCUT2D eigenvalue weighted by Crippen LogP contribution is 2.37. The van der Waals surface area contributed by atoms with Crippen LogP contribution >= 0.6 is 27.5 Å². The van der Waals surface area contributed by atoms with E-state index >= 15 is 4.39 Å². The molecule has 0 radical (unpaired) electrons. The van der Waals surface area contributed by atoms with E-state index in [1.807, 2.05) is 39.5 Å². The maximum absolute atomic E-state index is 15.3. The molecule has 1 aliphatic heterocycles. The second-order valence-electron chi connectivity index (χ2n) is 10.3. The fraction of sp³-hybridized carbons (Fsp3) is 0.462. The van der Waals surface area contributed by atoms with Gasteiger partial charge in [0.1, 0.15) is 35.1 Å². The van der Waals surface area contributed by atoms with Crippen LogP contribution in [0.5, 0.6) is 0 Å². The fourth-order valence-corrected chi connectivity index (χ4v) is 4.74. The summed E-state index contributed by atoms with van der Waals surface area (Å²) in [5, 5.41) is 0.613. The smallest absolute Gasteiger partial charge is 0.410 e. The lowest BCUT2D eigenvalue weighted by molar-refractivity contribution is 0.0130. The summed E-state index contributed by atoms with van der Waals surface area (Å²) in [5.74, 6) is -0.426. The quantitative estimate of drug-likeness (QED) is 0.314. The Morgan fingerprint density at radius 1 is 1.18 bits per heavy atom. The van der Waals surface area contributed by atoms with Crippen molar-refractivity contribution >= 4 is 50.3 Å². The molecule has 2 atom stereocenters. The number of rotatable bonds is 5. The molecule has 204 valence electrons. The van der Waals surface area contributed by atoms with Gasteiger partial charge in [0.25, 0.3) is 0 Å². The lowest BCUT2D eigenvalue weighted by Crippen LogP contribution is -2.59. The number of fused-ring (bicyclic) bond motifs is 1. The normalized spacial score (nSPS) is 18.2. The second kappa shape index (κ2) is 11.2. The van der Waals surface area contributed by atoms with Crippen molar-refractivity contribution in [2.24, 2.45) is 0 Å². The number of anilines is 1. The molecule has 8 nitrogen and oxygen atoms in total. The molecule has 2 aromatic heterocycles. The van der Waals surface area contributed by atoms with Crippen LogP contribution < -0.4 is 4.90 Å². The summed E-state index contributed by atoms with van der Waals surface area (Å²) in [6.45, 7) is 9.94. The number of ether oxygens (including phenoxy) is 2. The van der Waals surface area contributed by atoms with Crippen LogP contribution in [0.2, 0.25) is 5.02 Å². The number of amides is 1. The van der Waals surface area contributed by atoms with E-state index in [1.54, 1.807) is 11.0 Å². The van der Waals surface area contributed by atoms with Gasteiger partial charge >= 0.3 is 6.09 Å². The third kappa shape index (κ3) is 6.16. The first kappa shape index (κ1) is 28.4. The maximum Gasteiger partial charge on any atom is 0.410 e. The van der Waals surface area contributed by atoms with Crippen molar-refractivity contribution in [3.63, 3.8) is 0 Å². The Hall–Kier alpha value is -2.63. The summed E-state index contributed by atoms with van der Waals surface area (Å²) in [5.41, 5.74) is -0.396. The Balaban J connectivity index is 1.66. The Labute approximate surface area is 233 Å². The van der Waals surface area contributed by atoms with Gasteiger partial charge in [0.15, 0.2) is 11.6 Å². The van der Waals surface area contributed by atoms with Crippen molar-refractivity contribution in [3.8, 4) is 0 Å². The van der Waals surface area contributed by atoms with Gasteiger partial charge in [-0.1, -0.05) is 11.6 Å². The standard InChI is InChI=1S/C26H29BrClF2N5O3/c1-14-11-35(25(36)38-26(3,4)5)15(2)10-34(14)24-16-9-17(28)21(27)22(30)23(16)32-20(33-24)13-37-12-19-18(29)7-6-8-31-19/h6-9,14-15H,10-13H2,1-5H3/t14-,15+/m0/s1. The molecule has 1 saturated heterocycles. The number of carbonyl (C=O) groups excluding carboxylic acids is 1. The van der Waals surface area contributed by atoms with Gasteiger partial charge in [0.2, 0.25) is 0 Å². The number of nitrogens with zero attached hydrogens (tertiary/aromatic N) is 5. The van der Waals surface area contributed by atoms with Crippen LogP contribution in [-0.2, 0) is 22.7 Å². The van der Waals surface area contributed by atoms with Gasteiger partial charge in [-0.05, 0) is 68.7 Å². The highest BCUT2D eigenvalue weighted by Gasteiger charge is 2.36. The average molecular weight is 613 g/mol. The molecule has 3 heterocycles. The molecular formula is C26H29BrClF2N5O3. The van der Waals surface area contributed by atoms with Crippen LogP contribution in [0, 0.1) is 11.6 Å². The molecule has 1 aromatic carbocycles. The lowest BCUT2D eigenvalue weighted by atomic mass is 10.1. The average Bonchev–Trinajstić information content (AvgIpc) is 2.84. The van der Waals surface area contributed by atoms with Crippen LogP contribution in [0.3, 0.4) is 0 Å². The van der Waals surface area contributed by atoms with Crippen LogP contribution in [0.1, 0.15) is 46.1 Å². The van der Waals surface area contributed by atoms with Gasteiger partial charge < -0.3 is 19.3 Å². The molecule has 12 heteroatoms. The number of benzene rings is 1. The number of hydrogen-bond donors (Lipinski definition) is 0. The van der Waals surface area contributed by atoms with E-state index in [0.29, 0.717) is 24.3 Å². The van der Waals surface area contributed by atoms with Crippen LogP contribution in [-0.4, -0.2) is 56.7 Å². The number of piperazine rings is 1. The molecule has 0 unspecified atom stereocenters. The number of halogens is 4. The van der Waals surface area contributed by atoms with E-state index in [1.165, 1.54) is 18.3 Å². The van der Waals surface area contributed by atoms with Crippen molar-refractivity contribution in [2.75, 3.05) is 18.0 Å². The molecule has 1 fully saturated rings. The van der Waals surface area contributed by atoms with Gasteiger partial charge in [-0.2, -0.15) is 0 Å². The van der Waals surface area contributed by atoms with Gasteiger partial charge in [-0.3, -0.25) is 4.98 Å². The fourth-order valence-electron chi connectivity index (χ4n) is 4.25. The summed E-state index contributed by atoms with van der Waals surface area (Å²) in [6.07, 6.45) is 1.08. The monoisotopic (exact) mass is 611 g/mol. The summed E-state index contributed by atoms with van der Waals surface area (Å²) in [4.78, 5) is 29.6. The molecule has 0 spiro atoms. The van der Waals surface area contributed by atoms with Crippen molar-refractivity contribution in [1.29, 1.82) is 0 Å². The van der Waals surface area contributed by atoms with E-state index in [0.717, 1.165) is 0 Å². The van der Waals surface area contributed by atoms with E-state index < -0.39 is 23.3 Å². The maximum atomic E-state index is 15.3. The van der Waals surface area contributed by atoms with E-state index in [2.05, 4.69) is 25.9 Å². The van der Waals surface area contributed by atoms with Crippen LogP contribution in [0.25, 0.3) is 10.9 Å². The van der Waals surface area contributed by atoms with Crippen molar-refractivity contribution in [2.45, 2.75) is 65.5 Å². The zero-order chi connectivity index (χ0) is 27.8. The van der Waals surface area contributed by atoms with Gasteiger partial charge in [0.05, 0.1) is 16.1 Å². The molecule has 4 rings (SSSR count). The van der Waals surface area contributed by atoms with Gasteiger partial charge in [-0.25, -0.2) is 23.5 Å². The molecule has 0 bridgehead atoms. The summed E-state index contributed by atoms with van der Waals surface area (Å²) >= 11 is 9.49. The Morgan fingerprint density at radius 3 is 2.61 bits per heavy atom. The summed E-state index contributed by atoms with van der Waals surface area (Å²) in [6, 6.07) is 4.01. The van der Waals surface area contributed by atoms with E-state index in [4.69, 9.17) is 26.1 Å². The second-order valence-corrected chi connectivity index (χ2v) is 11.5. The molecule has 1 aliphatic rings. The predicted molar refractivity (Wildman–Crippen MR) is 144 cm³/mol. The van der Waals surface area contributed by atoms with Crippen LogP contribution in [0.4, 0.5) is 19.4 Å². The van der Waals surface area contributed by atoms with E-state index in [-0.39, 0.29) is 51.8 Å². The summed E-state index contributed by atoms with van der Waals surface area (Å²) in [7, 11) is 0. The highest BCUT2D eigenvalue weighted by atomic mass is 79.9. The van der Waals surface area contributed by atoms with Gasteiger partial charge in [-0.15, -0.1) is 0 Å². The number of pyridine rings is 1. The minimum Gasteiger partial charge on any atom is -0.444 e. The minimum absolute atomic E-state index is 0.0725. The first-order valence-electron chi connectivity index (χ1n) is 12.1. The molecule has 0 N–H and O–H groups in total. The van der Waals surface area contributed by atoms with Crippen LogP contribution in [0.15, 0.2) is 28.9 Å². The Morgan fingerprint density at radius 2 is 1.92 bits per heavy atom. The largest absolute Gasteiger partial charge is 0.444 e. The summed E-state index contributed by atoms with van der Waals surface area (Å²) < 4.78 is 40.6. The topological polar surface area (TPSA) is 80.7 Å². The minimum atomic E-state index is -0.624. The third-order valence-electron chi connectivity index (χ3n) is 6.04. The Bertz CT molecular complexity index is 1360. The lowest BCUT2D eigenvalue weighted by Gasteiger charge is -2.45. The highest BCUT2D eigenvalue weighted by molar-refractivity contribution is 9.10. The molecule has 38 heavy (non-hydrogen) atoms. The molecule has 0 saturated carbocycles. The first-order chi connectivity index (χ1) is 17.9. The zero-order valence-electron chi connectivity index (χ0n) is 21.8. The predicted octanol–water partition coefficient (Wildman–Crippen LogP) is 6.27. The molecule has 1 amide bonds. The first-order valence-corrected chi connectivity index (χ1v) is 13.3. The van der Waals surface area contributed by atoms with E-state index in [9.17, 15) is 9.18 Å². The number of aromatic nitrogens is 3. The molecule has 3 aromatic rings. The SMILES string of the molecule is C[C@@H]1CN(c2nc(COCc3ncccc3F)nc3c(F)c(Br)c(Cl)cc23)[C@@H](C)CN1C(=O)OC(C)(C)C. The third-order valence-corrected chi connectivity index (χ3v) is 7.35.